The molecule has 0 fully saturated rings. The van der Waals surface area contributed by atoms with Crippen LogP contribution in [0.15, 0.2) is 67.0 Å². The van der Waals surface area contributed by atoms with Crippen LogP contribution in [0, 0.1) is 6.92 Å². The van der Waals surface area contributed by atoms with E-state index < -0.39 is 0 Å². The zero-order valence-electron chi connectivity index (χ0n) is 12.7. The molecule has 0 spiro atoms. The van der Waals surface area contributed by atoms with Gasteiger partial charge in [-0.2, -0.15) is 0 Å². The molecule has 0 aliphatic rings. The van der Waals surface area contributed by atoms with E-state index in [0.717, 1.165) is 33.3 Å². The summed E-state index contributed by atoms with van der Waals surface area (Å²) in [6, 6.07) is 17.8. The van der Waals surface area contributed by atoms with E-state index in [1.54, 1.807) is 12.1 Å². The molecule has 0 unspecified atom stereocenters. The van der Waals surface area contributed by atoms with Crippen molar-refractivity contribution < 1.29 is 5.11 Å². The summed E-state index contributed by atoms with van der Waals surface area (Å²) in [6.07, 6.45) is 3.82. The zero-order chi connectivity index (χ0) is 15.8. The molecular formula is C20H16N2O. The van der Waals surface area contributed by atoms with Gasteiger partial charge in [0, 0.05) is 28.9 Å². The van der Waals surface area contributed by atoms with Gasteiger partial charge < -0.3 is 10.1 Å². The van der Waals surface area contributed by atoms with E-state index in [0.29, 0.717) is 0 Å². The molecule has 0 bridgehead atoms. The molecule has 2 aromatic heterocycles. The van der Waals surface area contributed by atoms with Crippen molar-refractivity contribution in [3.8, 4) is 28.0 Å². The third kappa shape index (κ3) is 2.46. The molecule has 112 valence electrons. The average molecular weight is 300 g/mol. The highest BCUT2D eigenvalue weighted by molar-refractivity contribution is 5.95. The van der Waals surface area contributed by atoms with E-state index in [2.05, 4.69) is 47.2 Å². The quantitative estimate of drug-likeness (QED) is 0.552. The number of rotatable bonds is 2. The summed E-state index contributed by atoms with van der Waals surface area (Å²) in [7, 11) is 0. The number of fused-ring (bicyclic) bond motifs is 1. The van der Waals surface area contributed by atoms with E-state index in [1.807, 2.05) is 24.5 Å². The molecule has 0 aliphatic carbocycles. The second kappa shape index (κ2) is 5.29. The molecule has 0 saturated carbocycles. The highest BCUT2D eigenvalue weighted by Crippen LogP contribution is 2.31. The Hall–Kier alpha value is -3.07. The lowest BCUT2D eigenvalue weighted by molar-refractivity contribution is 0.475. The van der Waals surface area contributed by atoms with Crippen LogP contribution in [0.5, 0.6) is 5.75 Å². The summed E-state index contributed by atoms with van der Waals surface area (Å²) in [5.74, 6) is 0.260. The molecule has 3 nitrogen and oxygen atoms in total. The topological polar surface area (TPSA) is 48.9 Å². The number of aromatic amines is 1. The van der Waals surface area contributed by atoms with Crippen LogP contribution in [0.4, 0.5) is 0 Å². The Labute approximate surface area is 134 Å². The molecule has 0 amide bonds. The van der Waals surface area contributed by atoms with Gasteiger partial charge in [0.1, 0.15) is 11.4 Å². The van der Waals surface area contributed by atoms with Gasteiger partial charge in [-0.3, -0.25) is 0 Å². The van der Waals surface area contributed by atoms with E-state index in [9.17, 15) is 5.11 Å². The molecule has 0 aliphatic heterocycles. The first-order valence-electron chi connectivity index (χ1n) is 7.54. The lowest BCUT2D eigenvalue weighted by Crippen LogP contribution is -1.83. The number of H-pyrrole nitrogens is 1. The third-order valence-electron chi connectivity index (χ3n) is 4.07. The predicted octanol–water partition coefficient (Wildman–Crippen LogP) is 4.91. The van der Waals surface area contributed by atoms with Gasteiger partial charge in [0.25, 0.3) is 0 Å². The van der Waals surface area contributed by atoms with Crippen molar-refractivity contribution >= 4 is 11.0 Å². The van der Waals surface area contributed by atoms with Crippen molar-refractivity contribution in [2.45, 2.75) is 6.92 Å². The summed E-state index contributed by atoms with van der Waals surface area (Å²) >= 11 is 0. The van der Waals surface area contributed by atoms with Crippen molar-refractivity contribution in [2.75, 3.05) is 0 Å². The number of hydrogen-bond donors (Lipinski definition) is 2. The second-order valence-corrected chi connectivity index (χ2v) is 5.74. The first-order valence-corrected chi connectivity index (χ1v) is 7.54. The number of benzene rings is 2. The van der Waals surface area contributed by atoms with Gasteiger partial charge in [0.2, 0.25) is 0 Å². The van der Waals surface area contributed by atoms with Gasteiger partial charge >= 0.3 is 0 Å². The van der Waals surface area contributed by atoms with E-state index >= 15 is 0 Å². The van der Waals surface area contributed by atoms with Gasteiger partial charge in [-0.05, 0) is 36.2 Å². The van der Waals surface area contributed by atoms with Crippen LogP contribution in [0.1, 0.15) is 5.56 Å². The molecule has 2 heterocycles. The maximum Gasteiger partial charge on any atom is 0.137 e. The van der Waals surface area contributed by atoms with Crippen molar-refractivity contribution in [1.29, 1.82) is 0 Å². The number of aromatic nitrogens is 2. The fraction of sp³-hybridized carbons (Fsp3) is 0.0500. The predicted molar refractivity (Wildman–Crippen MR) is 93.4 cm³/mol. The Kier molecular flexibility index (Phi) is 3.12. The number of phenolic OH excluding ortho intramolecular Hbond substituents is 1. The third-order valence-corrected chi connectivity index (χ3v) is 4.07. The van der Waals surface area contributed by atoms with Crippen molar-refractivity contribution in [3.05, 3.63) is 72.6 Å². The Bertz CT molecular complexity index is 984. The molecule has 3 heteroatoms. The normalized spacial score (nSPS) is 11.0. The van der Waals surface area contributed by atoms with Crippen LogP contribution in [0.2, 0.25) is 0 Å². The maximum absolute atomic E-state index is 9.68. The summed E-state index contributed by atoms with van der Waals surface area (Å²) in [6.45, 7) is 2.08. The van der Waals surface area contributed by atoms with E-state index in [4.69, 9.17) is 0 Å². The average Bonchev–Trinajstić information content (AvgIpc) is 2.99. The van der Waals surface area contributed by atoms with E-state index in [1.165, 1.54) is 5.56 Å². The molecule has 4 aromatic rings. The van der Waals surface area contributed by atoms with Crippen LogP contribution < -0.4 is 0 Å². The van der Waals surface area contributed by atoms with Crippen LogP contribution in [0.25, 0.3) is 33.3 Å². The number of hydrogen-bond acceptors (Lipinski definition) is 2. The molecule has 0 radical (unpaired) electrons. The fourth-order valence-electron chi connectivity index (χ4n) is 2.82. The summed E-state index contributed by atoms with van der Waals surface area (Å²) in [5.41, 5.74) is 6.35. The Balaban J connectivity index is 1.88. The number of aromatic hydroxyl groups is 1. The standard InChI is InChI=1S/C20H16N2O/c1-13-5-7-14(8-6-13)19-12-22-20-18(19)10-16(11-21-20)15-3-2-4-17(23)9-15/h2-12,23H,1H3,(H,21,22). The summed E-state index contributed by atoms with van der Waals surface area (Å²) < 4.78 is 0. The number of aryl methyl sites for hydroxylation is 1. The number of nitrogens with one attached hydrogen (secondary N) is 1. The van der Waals surface area contributed by atoms with Crippen LogP contribution in [-0.2, 0) is 0 Å². The van der Waals surface area contributed by atoms with Gasteiger partial charge in [0.05, 0.1) is 0 Å². The molecular weight excluding hydrogens is 284 g/mol. The van der Waals surface area contributed by atoms with Gasteiger partial charge in [0.15, 0.2) is 0 Å². The minimum Gasteiger partial charge on any atom is -0.508 e. The Morgan fingerprint density at radius 2 is 1.74 bits per heavy atom. The van der Waals surface area contributed by atoms with Gasteiger partial charge in [-0.15, -0.1) is 0 Å². The molecule has 23 heavy (non-hydrogen) atoms. The lowest BCUT2D eigenvalue weighted by Gasteiger charge is -2.04. The summed E-state index contributed by atoms with van der Waals surface area (Å²) in [5, 5.41) is 10.8. The van der Waals surface area contributed by atoms with Crippen LogP contribution in [0.3, 0.4) is 0 Å². The minimum absolute atomic E-state index is 0.260. The van der Waals surface area contributed by atoms with Crippen molar-refractivity contribution in [3.63, 3.8) is 0 Å². The Morgan fingerprint density at radius 3 is 2.52 bits per heavy atom. The van der Waals surface area contributed by atoms with Crippen molar-refractivity contribution in [1.82, 2.24) is 9.97 Å². The van der Waals surface area contributed by atoms with Crippen LogP contribution in [-0.4, -0.2) is 15.1 Å². The molecule has 0 saturated heterocycles. The highest BCUT2D eigenvalue weighted by Gasteiger charge is 2.09. The lowest BCUT2D eigenvalue weighted by atomic mass is 10.0. The molecule has 2 N–H and O–H groups in total. The maximum atomic E-state index is 9.68. The van der Waals surface area contributed by atoms with Gasteiger partial charge in [-0.25, -0.2) is 4.98 Å². The van der Waals surface area contributed by atoms with Crippen LogP contribution >= 0.6 is 0 Å². The molecule has 2 aromatic carbocycles. The highest BCUT2D eigenvalue weighted by atomic mass is 16.3. The second-order valence-electron chi connectivity index (χ2n) is 5.74. The first kappa shape index (κ1) is 13.6. The number of phenols is 1. The largest absolute Gasteiger partial charge is 0.508 e. The first-order chi connectivity index (χ1) is 11.2. The summed E-state index contributed by atoms with van der Waals surface area (Å²) in [4.78, 5) is 7.74. The monoisotopic (exact) mass is 300 g/mol. The number of pyridine rings is 1. The Morgan fingerprint density at radius 1 is 0.913 bits per heavy atom. The minimum atomic E-state index is 0.260. The van der Waals surface area contributed by atoms with Crippen molar-refractivity contribution in [2.24, 2.45) is 0 Å². The zero-order valence-corrected chi connectivity index (χ0v) is 12.7. The SMILES string of the molecule is Cc1ccc(-c2c[nH]c3ncc(-c4cccc(O)c4)cc23)cc1. The number of nitrogens with zero attached hydrogens (tertiary/aromatic N) is 1. The fourth-order valence-corrected chi connectivity index (χ4v) is 2.82. The molecule has 4 rings (SSSR count). The molecule has 0 atom stereocenters. The van der Waals surface area contributed by atoms with Gasteiger partial charge in [-0.1, -0.05) is 42.0 Å². The van der Waals surface area contributed by atoms with E-state index in [-0.39, 0.29) is 5.75 Å². The smallest absolute Gasteiger partial charge is 0.137 e.